The van der Waals surface area contributed by atoms with Gasteiger partial charge in [0.25, 0.3) is 0 Å². The summed E-state index contributed by atoms with van der Waals surface area (Å²) in [4.78, 5) is 11.7. The quantitative estimate of drug-likeness (QED) is 0.839. The molecular formula is C15H20BrNO2. The fourth-order valence-electron chi connectivity index (χ4n) is 2.48. The highest BCUT2D eigenvalue weighted by Gasteiger charge is 2.14. The third-order valence-corrected chi connectivity index (χ3v) is 3.88. The van der Waals surface area contributed by atoms with E-state index in [9.17, 15) is 4.79 Å². The van der Waals surface area contributed by atoms with E-state index in [0.717, 1.165) is 16.6 Å². The summed E-state index contributed by atoms with van der Waals surface area (Å²) in [7, 11) is 0. The molecule has 3 nitrogen and oxygen atoms in total. The van der Waals surface area contributed by atoms with Crippen LogP contribution >= 0.6 is 15.9 Å². The highest BCUT2D eigenvalue weighted by molar-refractivity contribution is 9.10. The maximum atomic E-state index is 11.7. The summed E-state index contributed by atoms with van der Waals surface area (Å²) in [5, 5.41) is 3.55. The second-order valence-corrected chi connectivity index (χ2v) is 5.85. The molecule has 1 aliphatic rings. The molecule has 19 heavy (non-hydrogen) atoms. The molecule has 0 spiro atoms. The van der Waals surface area contributed by atoms with Gasteiger partial charge in [0.1, 0.15) is 0 Å². The smallest absolute Gasteiger partial charge is 0.338 e. The van der Waals surface area contributed by atoms with Crippen LogP contribution in [0.5, 0.6) is 0 Å². The summed E-state index contributed by atoms with van der Waals surface area (Å²) in [6.07, 6.45) is 5.17. The van der Waals surface area contributed by atoms with Crippen molar-refractivity contribution < 1.29 is 9.53 Å². The highest BCUT2D eigenvalue weighted by atomic mass is 79.9. The van der Waals surface area contributed by atoms with Gasteiger partial charge in [-0.3, -0.25) is 0 Å². The molecule has 1 fully saturated rings. The summed E-state index contributed by atoms with van der Waals surface area (Å²) in [5.41, 5.74) is 1.73. The van der Waals surface area contributed by atoms with Crippen molar-refractivity contribution in [2.75, 3.05) is 6.61 Å². The number of carbonyl (C=O) groups excluding carboxylic acids is 1. The summed E-state index contributed by atoms with van der Waals surface area (Å²) < 4.78 is 5.95. The Morgan fingerprint density at radius 3 is 2.79 bits per heavy atom. The number of ether oxygens (including phenoxy) is 1. The van der Waals surface area contributed by atoms with Crippen molar-refractivity contribution in [3.63, 3.8) is 0 Å². The molecule has 0 saturated heterocycles. The Labute approximate surface area is 122 Å². The summed E-state index contributed by atoms with van der Waals surface area (Å²) in [6, 6.07) is 6.39. The minimum atomic E-state index is -0.258. The summed E-state index contributed by atoms with van der Waals surface area (Å²) >= 11 is 3.45. The summed E-state index contributed by atoms with van der Waals surface area (Å²) in [6.45, 7) is 3.02. The first-order chi connectivity index (χ1) is 9.19. The Balaban J connectivity index is 2.01. The second-order valence-electron chi connectivity index (χ2n) is 4.93. The van der Waals surface area contributed by atoms with E-state index in [1.54, 1.807) is 6.07 Å². The van der Waals surface area contributed by atoms with Crippen LogP contribution in [0.1, 0.15) is 48.5 Å². The van der Waals surface area contributed by atoms with Crippen molar-refractivity contribution in [2.24, 2.45) is 0 Å². The average Bonchev–Trinajstić information content (AvgIpc) is 2.89. The first kappa shape index (κ1) is 14.5. The zero-order chi connectivity index (χ0) is 13.7. The Morgan fingerprint density at radius 1 is 1.37 bits per heavy atom. The molecule has 1 aliphatic carbocycles. The number of benzene rings is 1. The molecular weight excluding hydrogens is 306 g/mol. The van der Waals surface area contributed by atoms with Crippen molar-refractivity contribution in [3.05, 3.63) is 33.8 Å². The predicted molar refractivity (Wildman–Crippen MR) is 79.2 cm³/mol. The zero-order valence-electron chi connectivity index (χ0n) is 11.2. The summed E-state index contributed by atoms with van der Waals surface area (Å²) in [5.74, 6) is -0.258. The monoisotopic (exact) mass is 325 g/mol. The Bertz CT molecular complexity index is 442. The fraction of sp³-hybridized carbons (Fsp3) is 0.533. The lowest BCUT2D eigenvalue weighted by Crippen LogP contribution is -2.25. The van der Waals surface area contributed by atoms with Crippen LogP contribution in [-0.2, 0) is 11.3 Å². The number of hydrogen-bond acceptors (Lipinski definition) is 3. The number of halogens is 1. The van der Waals surface area contributed by atoms with E-state index in [2.05, 4.69) is 21.2 Å². The predicted octanol–water partition coefficient (Wildman–Crippen LogP) is 3.66. The molecule has 4 heteroatoms. The minimum absolute atomic E-state index is 0.258. The number of carbonyl (C=O) groups is 1. The van der Waals surface area contributed by atoms with Gasteiger partial charge in [0, 0.05) is 17.1 Å². The van der Waals surface area contributed by atoms with E-state index in [4.69, 9.17) is 4.74 Å². The first-order valence-corrected chi connectivity index (χ1v) is 7.68. The molecule has 0 atom stereocenters. The Morgan fingerprint density at radius 2 is 2.11 bits per heavy atom. The lowest BCUT2D eigenvalue weighted by atomic mass is 10.1. The van der Waals surface area contributed by atoms with Crippen molar-refractivity contribution >= 4 is 21.9 Å². The third-order valence-electron chi connectivity index (χ3n) is 3.42. The second kappa shape index (κ2) is 7.06. The van der Waals surface area contributed by atoms with Gasteiger partial charge in [0.15, 0.2) is 0 Å². The van der Waals surface area contributed by atoms with Gasteiger partial charge in [0.05, 0.1) is 12.2 Å². The minimum Gasteiger partial charge on any atom is -0.462 e. The number of esters is 1. The molecule has 0 radical (unpaired) electrons. The average molecular weight is 326 g/mol. The van der Waals surface area contributed by atoms with Crippen LogP contribution in [0.4, 0.5) is 0 Å². The zero-order valence-corrected chi connectivity index (χ0v) is 12.8. The van der Waals surface area contributed by atoms with Crippen LogP contribution in [0.3, 0.4) is 0 Å². The van der Waals surface area contributed by atoms with Crippen LogP contribution in [-0.4, -0.2) is 18.6 Å². The molecule has 2 rings (SSSR count). The molecule has 1 aromatic rings. The van der Waals surface area contributed by atoms with Gasteiger partial charge in [-0.25, -0.2) is 4.79 Å². The molecule has 0 amide bonds. The highest BCUT2D eigenvalue weighted by Crippen LogP contribution is 2.20. The molecule has 0 aliphatic heterocycles. The largest absolute Gasteiger partial charge is 0.462 e. The van der Waals surface area contributed by atoms with Gasteiger partial charge >= 0.3 is 5.97 Å². The Hall–Kier alpha value is -0.870. The van der Waals surface area contributed by atoms with E-state index in [1.165, 1.54) is 25.7 Å². The molecule has 1 N–H and O–H groups in total. The van der Waals surface area contributed by atoms with Crippen LogP contribution in [0, 0.1) is 0 Å². The molecule has 0 aromatic heterocycles. The lowest BCUT2D eigenvalue weighted by molar-refractivity contribution is 0.0526. The first-order valence-electron chi connectivity index (χ1n) is 6.89. The van der Waals surface area contributed by atoms with Gasteiger partial charge in [-0.15, -0.1) is 0 Å². The van der Waals surface area contributed by atoms with Crippen molar-refractivity contribution in [3.8, 4) is 0 Å². The van der Waals surface area contributed by atoms with E-state index in [1.807, 2.05) is 19.1 Å². The third kappa shape index (κ3) is 4.32. The molecule has 0 unspecified atom stereocenters. The van der Waals surface area contributed by atoms with Gasteiger partial charge in [-0.05, 0) is 43.5 Å². The Kier molecular flexibility index (Phi) is 5.40. The van der Waals surface area contributed by atoms with Crippen LogP contribution in [0.15, 0.2) is 22.7 Å². The SMILES string of the molecule is CCOC(=O)c1cc(Br)cc(CNC2CCCC2)c1. The maximum Gasteiger partial charge on any atom is 0.338 e. The van der Waals surface area contributed by atoms with Gasteiger partial charge < -0.3 is 10.1 Å². The van der Waals surface area contributed by atoms with E-state index in [-0.39, 0.29) is 5.97 Å². The molecule has 1 aromatic carbocycles. The van der Waals surface area contributed by atoms with Crippen molar-refractivity contribution in [1.82, 2.24) is 5.32 Å². The van der Waals surface area contributed by atoms with Crippen molar-refractivity contribution in [2.45, 2.75) is 45.2 Å². The molecule has 0 bridgehead atoms. The number of nitrogens with one attached hydrogen (secondary N) is 1. The van der Waals surface area contributed by atoms with Crippen molar-refractivity contribution in [1.29, 1.82) is 0 Å². The molecule has 104 valence electrons. The fourth-order valence-corrected chi connectivity index (χ4v) is 3.02. The normalized spacial score (nSPS) is 15.7. The van der Waals surface area contributed by atoms with Crippen LogP contribution in [0.2, 0.25) is 0 Å². The van der Waals surface area contributed by atoms with Gasteiger partial charge in [-0.2, -0.15) is 0 Å². The van der Waals surface area contributed by atoms with E-state index < -0.39 is 0 Å². The molecule has 0 heterocycles. The lowest BCUT2D eigenvalue weighted by Gasteiger charge is -2.12. The standard InChI is InChI=1S/C15H20BrNO2/c1-2-19-15(18)12-7-11(8-13(16)9-12)10-17-14-5-3-4-6-14/h7-9,14,17H,2-6,10H2,1H3. The van der Waals surface area contributed by atoms with Crippen LogP contribution in [0.25, 0.3) is 0 Å². The van der Waals surface area contributed by atoms with E-state index >= 15 is 0 Å². The van der Waals surface area contributed by atoms with Gasteiger partial charge in [0.2, 0.25) is 0 Å². The topological polar surface area (TPSA) is 38.3 Å². The maximum absolute atomic E-state index is 11.7. The van der Waals surface area contributed by atoms with E-state index in [0.29, 0.717) is 18.2 Å². The van der Waals surface area contributed by atoms with Gasteiger partial charge in [-0.1, -0.05) is 28.8 Å². The number of rotatable bonds is 5. The van der Waals surface area contributed by atoms with Crippen LogP contribution < -0.4 is 5.32 Å². The molecule has 1 saturated carbocycles. The number of hydrogen-bond donors (Lipinski definition) is 1.